The summed E-state index contributed by atoms with van der Waals surface area (Å²) >= 11 is 0. The van der Waals surface area contributed by atoms with Gasteiger partial charge in [-0.25, -0.2) is 0 Å². The van der Waals surface area contributed by atoms with E-state index in [0.29, 0.717) is 6.04 Å². The van der Waals surface area contributed by atoms with Crippen molar-refractivity contribution in [3.63, 3.8) is 0 Å². The molecule has 1 atom stereocenters. The maximum absolute atomic E-state index is 2.40. The number of quaternary nitrogens is 2. The van der Waals surface area contributed by atoms with Crippen LogP contribution in [0.25, 0.3) is 0 Å². The molecule has 4 heteroatoms. The molecule has 1 aromatic carbocycles. The Hall–Kier alpha value is -0.280. The summed E-state index contributed by atoms with van der Waals surface area (Å²) in [5.74, 6) is 0. The second-order valence-corrected chi connectivity index (χ2v) is 12.1. The van der Waals surface area contributed by atoms with Crippen LogP contribution in [0.4, 0.5) is 5.69 Å². The maximum Gasteiger partial charge on any atom is 0.143 e. The molecule has 0 fully saturated rings. The topological polar surface area (TPSA) is 0 Å². The van der Waals surface area contributed by atoms with Gasteiger partial charge >= 0.3 is 0 Å². The standard InChI is InChI=1S/C31H60N2.2ClH/c1-7-8-9-10-11-12-13-14-15-16-17-18-19-20-21-23-28-31(29-32(2,3)4)33(5,6)30-26-24-22-25-27-30;;/h22,24-27,31H,7-21,23,28-29H2,1-6H3;2*1H/q+2;;/p-2. The van der Waals surface area contributed by atoms with E-state index in [4.69, 9.17) is 0 Å². The van der Waals surface area contributed by atoms with Gasteiger partial charge in [0.15, 0.2) is 0 Å². The van der Waals surface area contributed by atoms with E-state index in [0.717, 1.165) is 8.97 Å². The highest BCUT2D eigenvalue weighted by Crippen LogP contribution is 2.26. The Labute approximate surface area is 233 Å². The smallest absolute Gasteiger partial charge is 0.143 e. The monoisotopic (exact) mass is 530 g/mol. The van der Waals surface area contributed by atoms with Gasteiger partial charge < -0.3 is 29.3 Å². The lowest BCUT2D eigenvalue weighted by molar-refractivity contribution is -0.872. The fourth-order valence-electron chi connectivity index (χ4n) is 5.20. The molecule has 0 radical (unpaired) electrons. The molecule has 0 amide bonds. The lowest BCUT2D eigenvalue weighted by atomic mass is 10.0. The number of para-hydroxylation sites is 1. The molecule has 1 aromatic rings. The largest absolute Gasteiger partial charge is 1.00 e. The van der Waals surface area contributed by atoms with Gasteiger partial charge in [-0.3, -0.25) is 4.48 Å². The minimum Gasteiger partial charge on any atom is -1.00 e. The van der Waals surface area contributed by atoms with Gasteiger partial charge in [0, 0.05) is 6.42 Å². The quantitative estimate of drug-likeness (QED) is 0.169. The third kappa shape index (κ3) is 18.6. The number of hydrogen-bond acceptors (Lipinski definition) is 0. The predicted molar refractivity (Wildman–Crippen MR) is 151 cm³/mol. The number of halogens is 2. The van der Waals surface area contributed by atoms with Crippen LogP contribution in [0, 0.1) is 0 Å². The van der Waals surface area contributed by atoms with Gasteiger partial charge in [0.05, 0.1) is 35.2 Å². The van der Waals surface area contributed by atoms with E-state index in [1.807, 2.05) is 0 Å². The Morgan fingerprint density at radius 1 is 0.543 bits per heavy atom. The lowest BCUT2D eigenvalue weighted by Crippen LogP contribution is -3.00. The third-order valence-electron chi connectivity index (χ3n) is 7.48. The molecular weight excluding hydrogens is 471 g/mol. The van der Waals surface area contributed by atoms with Gasteiger partial charge in [0.2, 0.25) is 0 Å². The molecule has 0 bridgehead atoms. The summed E-state index contributed by atoms with van der Waals surface area (Å²) < 4.78 is 2.03. The van der Waals surface area contributed by atoms with Crippen molar-refractivity contribution in [1.82, 2.24) is 4.48 Å². The fourth-order valence-corrected chi connectivity index (χ4v) is 5.20. The molecule has 0 saturated carbocycles. The molecule has 2 nitrogen and oxygen atoms in total. The van der Waals surface area contributed by atoms with E-state index in [-0.39, 0.29) is 24.8 Å². The Bertz CT molecular complexity index is 569. The lowest BCUT2D eigenvalue weighted by Gasteiger charge is -2.40. The number of hydrogen-bond donors (Lipinski definition) is 0. The summed E-state index contributed by atoms with van der Waals surface area (Å²) in [5, 5.41) is 0. The van der Waals surface area contributed by atoms with Crippen LogP contribution in [0.1, 0.15) is 116 Å². The average molecular weight is 532 g/mol. The molecule has 0 spiro atoms. The second kappa shape index (κ2) is 21.8. The highest BCUT2D eigenvalue weighted by atomic mass is 35.5. The van der Waals surface area contributed by atoms with Crippen molar-refractivity contribution in [3.8, 4) is 0 Å². The van der Waals surface area contributed by atoms with Crippen LogP contribution in [0.3, 0.4) is 0 Å². The van der Waals surface area contributed by atoms with Crippen molar-refractivity contribution < 1.29 is 29.3 Å². The molecular formula is C31H60Cl2N2. The number of unbranched alkanes of at least 4 members (excludes halogenated alkanes) is 15. The summed E-state index contributed by atoms with van der Waals surface area (Å²) in [6.45, 7) is 3.52. The Balaban J connectivity index is 0. The summed E-state index contributed by atoms with van der Waals surface area (Å²) in [5.41, 5.74) is 1.44. The molecule has 0 aromatic heterocycles. The first-order valence-electron chi connectivity index (χ1n) is 14.5. The molecule has 208 valence electrons. The molecule has 35 heavy (non-hydrogen) atoms. The number of nitrogens with zero attached hydrogens (tertiary/aromatic N) is 2. The van der Waals surface area contributed by atoms with Crippen molar-refractivity contribution in [3.05, 3.63) is 30.3 Å². The molecule has 0 aliphatic heterocycles. The zero-order valence-electron chi connectivity index (χ0n) is 24.3. The minimum atomic E-state index is 0. The van der Waals surface area contributed by atoms with Crippen molar-refractivity contribution in [1.29, 1.82) is 0 Å². The Kier molecular flexibility index (Phi) is 22.9. The van der Waals surface area contributed by atoms with E-state index >= 15 is 0 Å². The highest BCUT2D eigenvalue weighted by Gasteiger charge is 2.34. The fraction of sp³-hybridized carbons (Fsp3) is 0.806. The number of rotatable bonds is 21. The van der Waals surface area contributed by atoms with E-state index in [2.05, 4.69) is 72.5 Å². The normalized spacial score (nSPS) is 12.6. The van der Waals surface area contributed by atoms with Crippen LogP contribution < -0.4 is 29.3 Å². The highest BCUT2D eigenvalue weighted by molar-refractivity contribution is 5.42. The van der Waals surface area contributed by atoms with E-state index < -0.39 is 0 Å². The Morgan fingerprint density at radius 3 is 1.29 bits per heavy atom. The molecule has 0 aliphatic carbocycles. The second-order valence-electron chi connectivity index (χ2n) is 12.1. The van der Waals surface area contributed by atoms with Gasteiger partial charge in [0.25, 0.3) is 0 Å². The van der Waals surface area contributed by atoms with Crippen molar-refractivity contribution >= 4 is 5.69 Å². The Morgan fingerprint density at radius 2 is 0.914 bits per heavy atom. The maximum atomic E-state index is 2.40. The van der Waals surface area contributed by atoms with Crippen LogP contribution in [-0.2, 0) is 0 Å². The van der Waals surface area contributed by atoms with Crippen LogP contribution >= 0.6 is 0 Å². The first kappa shape index (κ1) is 36.9. The van der Waals surface area contributed by atoms with Crippen molar-refractivity contribution in [2.75, 3.05) is 41.8 Å². The minimum absolute atomic E-state index is 0. The first-order valence-corrected chi connectivity index (χ1v) is 14.5. The summed E-state index contributed by atoms with van der Waals surface area (Å²) in [6.07, 6.45) is 24.4. The molecule has 0 aliphatic rings. The molecule has 1 unspecified atom stereocenters. The summed E-state index contributed by atoms with van der Waals surface area (Å²) in [4.78, 5) is 0. The number of likely N-dealkylation sites (N-methyl/N-ethyl adjacent to an activating group) is 2. The van der Waals surface area contributed by atoms with E-state index in [1.165, 1.54) is 121 Å². The molecule has 0 N–H and O–H groups in total. The zero-order chi connectivity index (χ0) is 24.4. The van der Waals surface area contributed by atoms with Crippen LogP contribution in [-0.4, -0.2) is 52.3 Å². The van der Waals surface area contributed by atoms with E-state index in [1.54, 1.807) is 0 Å². The molecule has 0 heterocycles. The van der Waals surface area contributed by atoms with Gasteiger partial charge in [-0.05, 0) is 18.6 Å². The van der Waals surface area contributed by atoms with Gasteiger partial charge in [0.1, 0.15) is 18.3 Å². The van der Waals surface area contributed by atoms with Gasteiger partial charge in [-0.15, -0.1) is 0 Å². The van der Waals surface area contributed by atoms with Crippen molar-refractivity contribution in [2.45, 2.75) is 122 Å². The summed E-state index contributed by atoms with van der Waals surface area (Å²) in [6, 6.07) is 11.8. The zero-order valence-corrected chi connectivity index (χ0v) is 25.9. The SMILES string of the molecule is CCCCCCCCCCCCCCCCCCC(C[N+](C)(C)C)[N+](C)(C)c1ccccc1.[Cl-].[Cl-]. The molecule has 0 saturated heterocycles. The average Bonchev–Trinajstić information content (AvgIpc) is 2.77. The van der Waals surface area contributed by atoms with Gasteiger partial charge in [-0.2, -0.15) is 0 Å². The molecule has 1 rings (SSSR count). The summed E-state index contributed by atoms with van der Waals surface area (Å²) in [7, 11) is 11.8. The third-order valence-corrected chi connectivity index (χ3v) is 7.48. The van der Waals surface area contributed by atoms with Crippen LogP contribution in [0.5, 0.6) is 0 Å². The number of benzene rings is 1. The first-order chi connectivity index (χ1) is 15.8. The van der Waals surface area contributed by atoms with Crippen LogP contribution in [0.2, 0.25) is 0 Å². The van der Waals surface area contributed by atoms with E-state index in [9.17, 15) is 0 Å². The van der Waals surface area contributed by atoms with Crippen LogP contribution in [0.15, 0.2) is 30.3 Å². The van der Waals surface area contributed by atoms with Gasteiger partial charge in [-0.1, -0.05) is 121 Å². The predicted octanol–water partition coefficient (Wildman–Crippen LogP) is 2.99. The van der Waals surface area contributed by atoms with Crippen molar-refractivity contribution in [2.24, 2.45) is 0 Å².